The summed E-state index contributed by atoms with van der Waals surface area (Å²) in [6.07, 6.45) is 11.4. The maximum atomic E-state index is 6.48. The fourth-order valence-corrected chi connectivity index (χ4v) is 8.49. The molecule has 0 radical (unpaired) electrons. The molecule has 5 atom stereocenters. The van der Waals surface area contributed by atoms with Crippen molar-refractivity contribution in [2.24, 2.45) is 34.3 Å². The standard InChI is InChI=1S/C32H43NO2/c1-30(2)20-34-32(35-21-30)16-14-25-24(18-32)12-13-26-28-7-4-15-31(28,3)19-27(29(25)26)23-10-8-22(9-11-23)6-5-17-33/h8-11,24,26-28H,4,7,12-21,33H2,1-3H3. The van der Waals surface area contributed by atoms with Crippen LogP contribution in [0.15, 0.2) is 35.4 Å². The van der Waals surface area contributed by atoms with Crippen molar-refractivity contribution in [1.29, 1.82) is 0 Å². The van der Waals surface area contributed by atoms with Crippen LogP contribution < -0.4 is 5.73 Å². The van der Waals surface area contributed by atoms with Gasteiger partial charge in [-0.2, -0.15) is 0 Å². The molecular formula is C32H43NO2. The van der Waals surface area contributed by atoms with Gasteiger partial charge in [-0.15, -0.1) is 0 Å². The molecule has 1 saturated heterocycles. The Morgan fingerprint density at radius 3 is 2.49 bits per heavy atom. The molecule has 3 nitrogen and oxygen atoms in total. The molecule has 4 fully saturated rings. The molecule has 3 heteroatoms. The Morgan fingerprint density at radius 2 is 1.74 bits per heavy atom. The Morgan fingerprint density at radius 1 is 0.971 bits per heavy atom. The van der Waals surface area contributed by atoms with Crippen LogP contribution in [0.25, 0.3) is 0 Å². The minimum atomic E-state index is -0.341. The molecule has 3 saturated carbocycles. The van der Waals surface area contributed by atoms with Crippen LogP contribution in [0.2, 0.25) is 0 Å². The molecule has 1 aromatic carbocycles. The molecule has 5 unspecified atom stereocenters. The highest BCUT2D eigenvalue weighted by Gasteiger charge is 2.54. The molecule has 1 spiro atoms. The molecule has 1 heterocycles. The first-order valence-electron chi connectivity index (χ1n) is 14.1. The lowest BCUT2D eigenvalue weighted by Gasteiger charge is -2.54. The minimum Gasteiger partial charge on any atom is -0.349 e. The van der Waals surface area contributed by atoms with E-state index in [0.29, 0.717) is 23.8 Å². The third-order valence-corrected chi connectivity index (χ3v) is 10.2. The molecule has 6 rings (SSSR count). The number of hydrogen-bond acceptors (Lipinski definition) is 3. The van der Waals surface area contributed by atoms with Crippen LogP contribution in [0.4, 0.5) is 0 Å². The first kappa shape index (κ1) is 23.8. The molecule has 0 bridgehead atoms. The highest BCUT2D eigenvalue weighted by atomic mass is 16.7. The maximum absolute atomic E-state index is 6.48. The van der Waals surface area contributed by atoms with E-state index < -0.39 is 0 Å². The van der Waals surface area contributed by atoms with Crippen molar-refractivity contribution in [3.05, 3.63) is 46.5 Å². The molecular weight excluding hydrogens is 430 g/mol. The largest absolute Gasteiger partial charge is 0.349 e. The van der Waals surface area contributed by atoms with Crippen molar-refractivity contribution < 1.29 is 9.47 Å². The van der Waals surface area contributed by atoms with Crippen molar-refractivity contribution in [1.82, 2.24) is 0 Å². The Labute approximate surface area is 212 Å². The zero-order valence-electron chi connectivity index (χ0n) is 22.0. The van der Waals surface area contributed by atoms with Crippen molar-refractivity contribution in [3.8, 4) is 11.8 Å². The van der Waals surface area contributed by atoms with Gasteiger partial charge in [-0.3, -0.25) is 0 Å². The van der Waals surface area contributed by atoms with Gasteiger partial charge in [-0.1, -0.05) is 62.3 Å². The predicted molar refractivity (Wildman–Crippen MR) is 141 cm³/mol. The van der Waals surface area contributed by atoms with Gasteiger partial charge >= 0.3 is 0 Å². The molecule has 4 aliphatic carbocycles. The Hall–Kier alpha value is -1.60. The summed E-state index contributed by atoms with van der Waals surface area (Å²) in [5.74, 6) is 8.68. The van der Waals surface area contributed by atoms with Gasteiger partial charge in [0.1, 0.15) is 0 Å². The van der Waals surface area contributed by atoms with Gasteiger partial charge in [0.2, 0.25) is 0 Å². The van der Waals surface area contributed by atoms with E-state index in [1.165, 1.54) is 44.1 Å². The Bertz CT molecular complexity index is 1050. The topological polar surface area (TPSA) is 44.5 Å². The fourth-order valence-electron chi connectivity index (χ4n) is 8.49. The smallest absolute Gasteiger partial charge is 0.169 e. The third kappa shape index (κ3) is 4.20. The Balaban J connectivity index is 1.35. The first-order valence-corrected chi connectivity index (χ1v) is 14.1. The summed E-state index contributed by atoms with van der Waals surface area (Å²) in [6.45, 7) is 9.15. The van der Waals surface area contributed by atoms with Crippen LogP contribution in [0, 0.1) is 40.4 Å². The van der Waals surface area contributed by atoms with Crippen molar-refractivity contribution in [2.75, 3.05) is 19.8 Å². The van der Waals surface area contributed by atoms with Crippen LogP contribution >= 0.6 is 0 Å². The van der Waals surface area contributed by atoms with E-state index in [1.54, 1.807) is 5.57 Å². The average Bonchev–Trinajstić information content (AvgIpc) is 3.26. The lowest BCUT2D eigenvalue weighted by atomic mass is 9.52. The van der Waals surface area contributed by atoms with Gasteiger partial charge in [0.25, 0.3) is 0 Å². The molecule has 2 N–H and O–H groups in total. The summed E-state index contributed by atoms with van der Waals surface area (Å²) >= 11 is 0. The molecule has 1 aromatic rings. The molecule has 0 amide bonds. The normalized spacial score (nSPS) is 37.1. The predicted octanol–water partition coefficient (Wildman–Crippen LogP) is 6.57. The summed E-state index contributed by atoms with van der Waals surface area (Å²) in [4.78, 5) is 0. The van der Waals surface area contributed by atoms with E-state index in [9.17, 15) is 0 Å². The van der Waals surface area contributed by atoms with Crippen LogP contribution in [-0.2, 0) is 9.47 Å². The molecule has 5 aliphatic rings. The van der Waals surface area contributed by atoms with Gasteiger partial charge in [-0.05, 0) is 79.4 Å². The first-order chi connectivity index (χ1) is 16.8. The van der Waals surface area contributed by atoms with Gasteiger partial charge in [0.15, 0.2) is 5.79 Å². The molecule has 0 aromatic heterocycles. The second kappa shape index (κ2) is 8.76. The van der Waals surface area contributed by atoms with Crippen LogP contribution in [0.5, 0.6) is 0 Å². The second-order valence-electron chi connectivity index (χ2n) is 13.3. The fraction of sp³-hybridized carbons (Fsp3) is 0.688. The second-order valence-corrected chi connectivity index (χ2v) is 13.3. The maximum Gasteiger partial charge on any atom is 0.169 e. The summed E-state index contributed by atoms with van der Waals surface area (Å²) in [5.41, 5.74) is 12.4. The van der Waals surface area contributed by atoms with Gasteiger partial charge in [0, 0.05) is 29.7 Å². The number of allylic oxidation sites excluding steroid dienone is 2. The van der Waals surface area contributed by atoms with Crippen LogP contribution in [-0.4, -0.2) is 25.5 Å². The molecule has 188 valence electrons. The summed E-state index contributed by atoms with van der Waals surface area (Å²) in [7, 11) is 0. The zero-order chi connectivity index (χ0) is 24.3. The van der Waals surface area contributed by atoms with Crippen molar-refractivity contribution in [2.45, 2.75) is 90.3 Å². The zero-order valence-corrected chi connectivity index (χ0v) is 22.0. The molecule has 1 aliphatic heterocycles. The number of ether oxygens (including phenoxy) is 2. The minimum absolute atomic E-state index is 0.129. The SMILES string of the molecule is CC1(C)COC2(CCC3=C4C(c5ccc(C#CCN)cc5)CC5(C)CCCC5C4CCC3C2)OC1. The van der Waals surface area contributed by atoms with Crippen molar-refractivity contribution >= 4 is 0 Å². The number of hydrogen-bond donors (Lipinski definition) is 1. The van der Waals surface area contributed by atoms with Crippen LogP contribution in [0.3, 0.4) is 0 Å². The highest BCUT2D eigenvalue weighted by molar-refractivity contribution is 5.43. The van der Waals surface area contributed by atoms with Gasteiger partial charge < -0.3 is 15.2 Å². The highest BCUT2D eigenvalue weighted by Crippen LogP contribution is 2.64. The van der Waals surface area contributed by atoms with Gasteiger partial charge in [-0.25, -0.2) is 0 Å². The van der Waals surface area contributed by atoms with Crippen molar-refractivity contribution in [3.63, 3.8) is 0 Å². The Kier molecular flexibility index (Phi) is 5.95. The number of nitrogens with two attached hydrogens (primary N) is 1. The third-order valence-electron chi connectivity index (χ3n) is 10.2. The number of rotatable bonds is 1. The van der Waals surface area contributed by atoms with E-state index in [-0.39, 0.29) is 11.2 Å². The van der Waals surface area contributed by atoms with E-state index >= 15 is 0 Å². The van der Waals surface area contributed by atoms with E-state index in [1.807, 2.05) is 5.57 Å². The lowest BCUT2D eigenvalue weighted by molar-refractivity contribution is -0.312. The summed E-state index contributed by atoms with van der Waals surface area (Å²) in [5, 5.41) is 0. The van der Waals surface area contributed by atoms with E-state index in [0.717, 1.165) is 49.9 Å². The number of benzene rings is 1. The van der Waals surface area contributed by atoms with Gasteiger partial charge in [0.05, 0.1) is 19.8 Å². The monoisotopic (exact) mass is 473 g/mol. The quantitative estimate of drug-likeness (QED) is 0.371. The average molecular weight is 474 g/mol. The number of fused-ring (bicyclic) bond motifs is 4. The van der Waals surface area contributed by atoms with E-state index in [2.05, 4.69) is 56.9 Å². The van der Waals surface area contributed by atoms with Crippen LogP contribution in [0.1, 0.15) is 95.6 Å². The summed E-state index contributed by atoms with van der Waals surface area (Å²) < 4.78 is 13.0. The van der Waals surface area contributed by atoms with E-state index in [4.69, 9.17) is 15.2 Å². The lowest BCUT2D eigenvalue weighted by Crippen LogP contribution is -2.51. The summed E-state index contributed by atoms with van der Waals surface area (Å²) in [6, 6.07) is 9.14. The molecule has 35 heavy (non-hydrogen) atoms.